The molecule has 0 aromatic carbocycles. The summed E-state index contributed by atoms with van der Waals surface area (Å²) >= 11 is 4.23. The Morgan fingerprint density at radius 2 is 0.667 bits per heavy atom. The van der Waals surface area contributed by atoms with Gasteiger partial charge in [-0.15, -0.1) is 47.0 Å². The largest absolute Gasteiger partial charge is 0.469 e. The molecule has 0 aliphatic heterocycles. The third-order valence-corrected chi connectivity index (χ3v) is 8.96. The molecule has 0 atom stereocenters. The second-order valence-electron chi connectivity index (χ2n) is 6.67. The predicted octanol–water partition coefficient (Wildman–Crippen LogP) is 2.75. The van der Waals surface area contributed by atoms with Gasteiger partial charge in [0.2, 0.25) is 11.6 Å². The summed E-state index contributed by atoms with van der Waals surface area (Å²) in [6.45, 7) is 0. The first-order chi connectivity index (χ1) is 17.2. The van der Waals surface area contributed by atoms with E-state index in [-0.39, 0.29) is 68.3 Å². The van der Waals surface area contributed by atoms with Crippen molar-refractivity contribution in [2.45, 2.75) is 25.7 Å². The van der Waals surface area contributed by atoms with Gasteiger partial charge in [0.1, 0.15) is 0 Å². The quantitative estimate of drug-likeness (QED) is 0.150. The van der Waals surface area contributed by atoms with Gasteiger partial charge in [-0.1, -0.05) is 0 Å². The summed E-state index contributed by atoms with van der Waals surface area (Å²) in [5.41, 5.74) is 0. The van der Waals surface area contributed by atoms with E-state index in [1.165, 1.54) is 28.4 Å². The van der Waals surface area contributed by atoms with Crippen LogP contribution in [0.5, 0.6) is 0 Å². The molecule has 0 aromatic heterocycles. The Hall–Kier alpha value is -1.90. The standard InChI is InChI=1S/C22H28O10S4/c1-29-13(23)5-9-33-19-17(27)21(35-11-7-15(25)31-3)22(36-12-8-16(26)32-4)18(28)20(19)34-10-6-14(24)30-2/h5-12H2,1-4H3. The van der Waals surface area contributed by atoms with Crippen LogP contribution in [0.3, 0.4) is 0 Å². The smallest absolute Gasteiger partial charge is 0.306 e. The zero-order valence-electron chi connectivity index (χ0n) is 20.4. The molecule has 0 heterocycles. The summed E-state index contributed by atoms with van der Waals surface area (Å²) in [5, 5.41) is 0. The van der Waals surface area contributed by atoms with Gasteiger partial charge >= 0.3 is 23.9 Å². The van der Waals surface area contributed by atoms with Crippen LogP contribution in [-0.4, -0.2) is 86.9 Å². The van der Waals surface area contributed by atoms with Gasteiger partial charge in [0.15, 0.2) is 0 Å². The summed E-state index contributed by atoms with van der Waals surface area (Å²) in [5.74, 6) is -1.86. The molecule has 0 N–H and O–H groups in total. The molecule has 0 spiro atoms. The van der Waals surface area contributed by atoms with Gasteiger partial charge in [0.25, 0.3) is 0 Å². The number of carbonyl (C=O) groups is 6. The molecule has 1 aliphatic rings. The highest BCUT2D eigenvalue weighted by molar-refractivity contribution is 8.10. The summed E-state index contributed by atoms with van der Waals surface area (Å²) in [6, 6.07) is 0. The highest BCUT2D eigenvalue weighted by Crippen LogP contribution is 2.44. The van der Waals surface area contributed by atoms with E-state index in [2.05, 4.69) is 18.9 Å². The lowest BCUT2D eigenvalue weighted by molar-refractivity contribution is -0.141. The molecular formula is C22H28O10S4. The van der Waals surface area contributed by atoms with E-state index in [1.807, 2.05) is 0 Å². The van der Waals surface area contributed by atoms with Crippen molar-refractivity contribution < 1.29 is 47.7 Å². The monoisotopic (exact) mass is 580 g/mol. The molecule has 200 valence electrons. The summed E-state index contributed by atoms with van der Waals surface area (Å²) in [7, 11) is 5.02. The van der Waals surface area contributed by atoms with Crippen molar-refractivity contribution >= 4 is 82.5 Å². The number of hydrogen-bond acceptors (Lipinski definition) is 14. The maximum atomic E-state index is 13.5. The Morgan fingerprint density at radius 1 is 0.472 bits per heavy atom. The van der Waals surface area contributed by atoms with Gasteiger partial charge in [-0.25, -0.2) is 0 Å². The van der Waals surface area contributed by atoms with Crippen LogP contribution in [0.2, 0.25) is 0 Å². The second kappa shape index (κ2) is 17.5. The highest BCUT2D eigenvalue weighted by Gasteiger charge is 2.36. The first-order valence-electron chi connectivity index (χ1n) is 10.6. The number of esters is 4. The fraction of sp³-hybridized carbons (Fsp3) is 0.545. The van der Waals surface area contributed by atoms with Crippen LogP contribution in [0.15, 0.2) is 19.6 Å². The van der Waals surface area contributed by atoms with Gasteiger partial charge in [-0.3, -0.25) is 28.8 Å². The number of ketones is 2. The molecule has 0 fully saturated rings. The number of allylic oxidation sites excluding steroid dienone is 4. The van der Waals surface area contributed by atoms with Gasteiger partial charge in [-0.2, -0.15) is 0 Å². The Bertz CT molecular complexity index is 784. The van der Waals surface area contributed by atoms with Crippen LogP contribution < -0.4 is 0 Å². The van der Waals surface area contributed by atoms with E-state index in [4.69, 9.17) is 0 Å². The zero-order valence-corrected chi connectivity index (χ0v) is 23.6. The fourth-order valence-electron chi connectivity index (χ4n) is 2.50. The predicted molar refractivity (Wildman–Crippen MR) is 140 cm³/mol. The van der Waals surface area contributed by atoms with Gasteiger partial charge < -0.3 is 18.9 Å². The van der Waals surface area contributed by atoms with E-state index in [1.54, 1.807) is 0 Å². The lowest BCUT2D eigenvalue weighted by atomic mass is 10.1. The lowest BCUT2D eigenvalue weighted by Gasteiger charge is -2.22. The summed E-state index contributed by atoms with van der Waals surface area (Å²) in [6.07, 6.45) is 0.117. The van der Waals surface area contributed by atoms with E-state index in [0.717, 1.165) is 47.0 Å². The zero-order chi connectivity index (χ0) is 27.1. The molecule has 36 heavy (non-hydrogen) atoms. The van der Waals surface area contributed by atoms with Crippen LogP contribution in [0.4, 0.5) is 0 Å². The Balaban J connectivity index is 3.26. The number of carbonyl (C=O) groups excluding carboxylic acids is 6. The highest BCUT2D eigenvalue weighted by atomic mass is 32.2. The Morgan fingerprint density at radius 3 is 0.833 bits per heavy atom. The SMILES string of the molecule is COC(=O)CCSC1=C(SCCC(=O)OC)C(=O)C(SCCC(=O)OC)=C(SCCC(=O)OC)C1=O. The topological polar surface area (TPSA) is 139 Å². The van der Waals surface area contributed by atoms with Crippen LogP contribution >= 0.6 is 47.0 Å². The average Bonchev–Trinajstić information content (AvgIpc) is 2.88. The molecule has 1 rings (SSSR count). The fourth-order valence-corrected chi connectivity index (χ4v) is 7.05. The minimum absolute atomic E-state index is 0.0293. The normalized spacial score (nSPS) is 13.6. The van der Waals surface area contributed by atoms with Gasteiger partial charge in [0, 0.05) is 23.0 Å². The van der Waals surface area contributed by atoms with Crippen molar-refractivity contribution in [2.75, 3.05) is 51.5 Å². The maximum absolute atomic E-state index is 13.5. The summed E-state index contributed by atoms with van der Waals surface area (Å²) in [4.78, 5) is 73.9. The van der Waals surface area contributed by atoms with Gasteiger partial charge in [0.05, 0.1) is 73.7 Å². The minimum Gasteiger partial charge on any atom is -0.469 e. The molecule has 0 aromatic rings. The molecule has 14 heteroatoms. The van der Waals surface area contributed by atoms with E-state index in [0.29, 0.717) is 0 Å². The Labute approximate surface area is 226 Å². The minimum atomic E-state index is -0.458. The molecule has 0 saturated carbocycles. The van der Waals surface area contributed by atoms with E-state index in [9.17, 15) is 28.8 Å². The number of methoxy groups -OCH3 is 4. The first-order valence-corrected chi connectivity index (χ1v) is 14.5. The van der Waals surface area contributed by atoms with Gasteiger partial charge in [-0.05, 0) is 0 Å². The number of rotatable bonds is 16. The summed E-state index contributed by atoms with van der Waals surface area (Å²) < 4.78 is 18.6. The van der Waals surface area contributed by atoms with Crippen LogP contribution in [0, 0.1) is 0 Å². The molecule has 0 bridgehead atoms. The van der Waals surface area contributed by atoms with Crippen LogP contribution in [-0.2, 0) is 47.7 Å². The molecule has 10 nitrogen and oxygen atoms in total. The first kappa shape index (κ1) is 32.1. The van der Waals surface area contributed by atoms with Crippen molar-refractivity contribution in [3.8, 4) is 0 Å². The average molecular weight is 581 g/mol. The third kappa shape index (κ3) is 10.6. The molecule has 0 unspecified atom stereocenters. The van der Waals surface area contributed by atoms with Crippen molar-refractivity contribution in [1.29, 1.82) is 0 Å². The molecule has 0 saturated heterocycles. The Kier molecular flexibility index (Phi) is 15.7. The number of ether oxygens (including phenoxy) is 4. The maximum Gasteiger partial charge on any atom is 0.306 e. The van der Waals surface area contributed by atoms with E-state index >= 15 is 0 Å². The van der Waals surface area contributed by atoms with Crippen LogP contribution in [0.25, 0.3) is 0 Å². The van der Waals surface area contributed by atoms with Crippen molar-refractivity contribution in [2.24, 2.45) is 0 Å². The number of thioether (sulfide) groups is 4. The molecule has 1 aliphatic carbocycles. The number of hydrogen-bond donors (Lipinski definition) is 0. The van der Waals surface area contributed by atoms with E-state index < -0.39 is 35.4 Å². The van der Waals surface area contributed by atoms with Crippen molar-refractivity contribution in [3.05, 3.63) is 19.6 Å². The second-order valence-corrected chi connectivity index (χ2v) is 11.1. The molecular weight excluding hydrogens is 553 g/mol. The lowest BCUT2D eigenvalue weighted by Crippen LogP contribution is -2.21. The van der Waals surface area contributed by atoms with Crippen molar-refractivity contribution in [3.63, 3.8) is 0 Å². The van der Waals surface area contributed by atoms with Crippen LogP contribution in [0.1, 0.15) is 25.7 Å². The van der Waals surface area contributed by atoms with Crippen molar-refractivity contribution in [1.82, 2.24) is 0 Å². The number of Topliss-reactive ketones (excluding diaryl/α,β-unsaturated/α-hetero) is 2. The third-order valence-electron chi connectivity index (χ3n) is 4.36. The molecule has 0 radical (unpaired) electrons. The molecule has 0 amide bonds.